The lowest BCUT2D eigenvalue weighted by molar-refractivity contribution is 0.0996. The van der Waals surface area contributed by atoms with Gasteiger partial charge in [0.1, 0.15) is 5.69 Å². The fourth-order valence-corrected chi connectivity index (χ4v) is 4.42. The maximum Gasteiger partial charge on any atom is 0.258 e. The molecule has 0 aliphatic carbocycles. The smallest absolute Gasteiger partial charge is 0.258 e. The number of aromatic amines is 1. The van der Waals surface area contributed by atoms with Gasteiger partial charge < -0.3 is 4.90 Å². The first kappa shape index (κ1) is 20.9. The highest BCUT2D eigenvalue weighted by Crippen LogP contribution is 2.35. The van der Waals surface area contributed by atoms with Gasteiger partial charge >= 0.3 is 0 Å². The van der Waals surface area contributed by atoms with Crippen molar-refractivity contribution in [3.05, 3.63) is 114 Å². The van der Waals surface area contributed by atoms with Crippen molar-refractivity contribution < 1.29 is 13.6 Å². The van der Waals surface area contributed by atoms with Crippen LogP contribution in [0.1, 0.15) is 15.9 Å². The van der Waals surface area contributed by atoms with E-state index in [4.69, 9.17) is 0 Å². The summed E-state index contributed by atoms with van der Waals surface area (Å²) in [7, 11) is 0. The Balaban J connectivity index is 1.33. The summed E-state index contributed by atoms with van der Waals surface area (Å²) < 4.78 is 27.1. The van der Waals surface area contributed by atoms with Crippen LogP contribution in [0.4, 0.5) is 14.5 Å². The fourth-order valence-electron chi connectivity index (χ4n) is 4.42. The molecule has 6 rings (SSSR count). The van der Waals surface area contributed by atoms with Crippen molar-refractivity contribution >= 4 is 11.6 Å². The van der Waals surface area contributed by atoms with E-state index in [0.29, 0.717) is 34.6 Å². The van der Waals surface area contributed by atoms with Gasteiger partial charge in [-0.3, -0.25) is 9.89 Å². The van der Waals surface area contributed by atoms with Gasteiger partial charge in [0.2, 0.25) is 0 Å². The Morgan fingerprint density at radius 3 is 2.34 bits per heavy atom. The molecule has 4 aromatic carbocycles. The van der Waals surface area contributed by atoms with Crippen LogP contribution in [0.25, 0.3) is 33.6 Å². The SMILES string of the molecule is O=C1c2cc(-c3nn[nH]c3-c3ccccc3)ccc2CN1c1cccc(-c2ccc(F)c(F)c2)c1. The predicted molar refractivity (Wildman–Crippen MR) is 130 cm³/mol. The molecular formula is C28H18F2N4O. The van der Waals surface area contributed by atoms with Gasteiger partial charge in [-0.2, -0.15) is 0 Å². The van der Waals surface area contributed by atoms with Crippen molar-refractivity contribution in [2.75, 3.05) is 4.90 Å². The highest BCUT2D eigenvalue weighted by molar-refractivity contribution is 6.11. The van der Waals surface area contributed by atoms with Gasteiger partial charge in [-0.05, 0) is 47.0 Å². The molecule has 2 heterocycles. The van der Waals surface area contributed by atoms with E-state index in [9.17, 15) is 13.6 Å². The van der Waals surface area contributed by atoms with Crippen LogP contribution in [-0.2, 0) is 6.54 Å². The lowest BCUT2D eigenvalue weighted by atomic mass is 10.0. The molecule has 0 radical (unpaired) electrons. The minimum Gasteiger partial charge on any atom is -0.304 e. The van der Waals surface area contributed by atoms with E-state index in [1.807, 2.05) is 60.7 Å². The molecule has 1 aliphatic heterocycles. The van der Waals surface area contributed by atoms with Gasteiger partial charge in [0.15, 0.2) is 11.6 Å². The number of nitrogens with one attached hydrogen (secondary N) is 1. The monoisotopic (exact) mass is 464 g/mol. The fraction of sp³-hybridized carbons (Fsp3) is 0.0357. The Kier molecular flexibility index (Phi) is 4.95. The zero-order valence-electron chi connectivity index (χ0n) is 18.4. The molecule has 1 N–H and O–H groups in total. The van der Waals surface area contributed by atoms with Crippen LogP contribution < -0.4 is 4.90 Å². The molecule has 0 saturated carbocycles. The van der Waals surface area contributed by atoms with Gasteiger partial charge in [-0.1, -0.05) is 65.9 Å². The number of hydrogen-bond donors (Lipinski definition) is 1. The second-order valence-electron chi connectivity index (χ2n) is 8.34. The van der Waals surface area contributed by atoms with E-state index in [2.05, 4.69) is 15.4 Å². The topological polar surface area (TPSA) is 61.9 Å². The van der Waals surface area contributed by atoms with Crippen LogP contribution in [-0.4, -0.2) is 21.3 Å². The lowest BCUT2D eigenvalue weighted by Gasteiger charge is -2.17. The average Bonchev–Trinajstić information content (AvgIpc) is 3.51. The Hall–Kier alpha value is -4.65. The summed E-state index contributed by atoms with van der Waals surface area (Å²) in [6.45, 7) is 0.417. The van der Waals surface area contributed by atoms with Crippen LogP contribution in [0.5, 0.6) is 0 Å². The lowest BCUT2D eigenvalue weighted by Crippen LogP contribution is -2.22. The van der Waals surface area contributed by atoms with E-state index in [1.54, 1.807) is 17.0 Å². The maximum atomic E-state index is 13.7. The molecular weight excluding hydrogens is 446 g/mol. The first-order valence-corrected chi connectivity index (χ1v) is 11.1. The first-order chi connectivity index (χ1) is 17.1. The van der Waals surface area contributed by atoms with Gasteiger partial charge in [-0.15, -0.1) is 5.10 Å². The molecule has 0 bridgehead atoms. The standard InChI is InChI=1S/C28H18F2N4O/c29-24-12-11-19(15-25(24)30)18-7-4-8-22(13-18)34-16-21-10-9-20(14-23(21)28(34)35)27-26(31-33-32-27)17-5-2-1-3-6-17/h1-15H,16H2,(H,31,32,33). The van der Waals surface area contributed by atoms with Gasteiger partial charge in [0.05, 0.1) is 12.2 Å². The summed E-state index contributed by atoms with van der Waals surface area (Å²) >= 11 is 0. The maximum absolute atomic E-state index is 13.7. The van der Waals surface area contributed by atoms with Crippen LogP contribution in [0, 0.1) is 11.6 Å². The highest BCUT2D eigenvalue weighted by Gasteiger charge is 2.29. The number of rotatable bonds is 4. The Morgan fingerprint density at radius 1 is 0.743 bits per heavy atom. The average molecular weight is 464 g/mol. The third kappa shape index (κ3) is 3.67. The van der Waals surface area contributed by atoms with E-state index in [0.717, 1.165) is 34.5 Å². The van der Waals surface area contributed by atoms with Crippen LogP contribution in [0.15, 0.2) is 91.0 Å². The van der Waals surface area contributed by atoms with Crippen molar-refractivity contribution in [1.29, 1.82) is 0 Å². The van der Waals surface area contributed by atoms with E-state index >= 15 is 0 Å². The van der Waals surface area contributed by atoms with Crippen LogP contribution in [0.3, 0.4) is 0 Å². The van der Waals surface area contributed by atoms with Gasteiger partial charge in [0, 0.05) is 22.4 Å². The zero-order chi connectivity index (χ0) is 23.9. The summed E-state index contributed by atoms with van der Waals surface area (Å²) in [6.07, 6.45) is 0. The predicted octanol–water partition coefficient (Wildman–Crippen LogP) is 6.24. The molecule has 0 spiro atoms. The molecule has 170 valence electrons. The Labute approximate surface area is 199 Å². The number of halogens is 2. The molecule has 0 saturated heterocycles. The zero-order valence-corrected chi connectivity index (χ0v) is 18.4. The molecule has 5 nitrogen and oxygen atoms in total. The van der Waals surface area contributed by atoms with Crippen molar-refractivity contribution in [1.82, 2.24) is 15.4 Å². The second-order valence-corrected chi connectivity index (χ2v) is 8.34. The van der Waals surface area contributed by atoms with E-state index in [-0.39, 0.29) is 5.91 Å². The highest BCUT2D eigenvalue weighted by atomic mass is 19.2. The van der Waals surface area contributed by atoms with Crippen LogP contribution >= 0.6 is 0 Å². The number of amides is 1. The number of anilines is 1. The summed E-state index contributed by atoms with van der Waals surface area (Å²) in [5.74, 6) is -1.93. The number of fused-ring (bicyclic) bond motifs is 1. The second kappa shape index (κ2) is 8.29. The summed E-state index contributed by atoms with van der Waals surface area (Å²) in [5, 5.41) is 11.2. The van der Waals surface area contributed by atoms with Gasteiger partial charge in [0.25, 0.3) is 5.91 Å². The van der Waals surface area contributed by atoms with Gasteiger partial charge in [-0.25, -0.2) is 8.78 Å². The van der Waals surface area contributed by atoms with Crippen molar-refractivity contribution in [3.63, 3.8) is 0 Å². The first-order valence-electron chi connectivity index (χ1n) is 11.1. The molecule has 7 heteroatoms. The molecule has 0 fully saturated rings. The van der Waals surface area contributed by atoms with E-state index < -0.39 is 11.6 Å². The number of hydrogen-bond acceptors (Lipinski definition) is 3. The molecule has 1 amide bonds. The summed E-state index contributed by atoms with van der Waals surface area (Å²) in [4.78, 5) is 15.1. The number of carbonyl (C=O) groups excluding carboxylic acids is 1. The molecule has 1 aliphatic rings. The molecule has 0 atom stereocenters. The normalized spacial score (nSPS) is 12.7. The van der Waals surface area contributed by atoms with Crippen molar-refractivity contribution in [2.45, 2.75) is 6.54 Å². The molecule has 35 heavy (non-hydrogen) atoms. The number of carbonyl (C=O) groups is 1. The third-order valence-corrected chi connectivity index (χ3v) is 6.21. The van der Waals surface area contributed by atoms with Crippen molar-refractivity contribution in [3.8, 4) is 33.6 Å². The quantitative estimate of drug-likeness (QED) is 0.342. The molecule has 0 unspecified atom stereocenters. The number of aromatic nitrogens is 3. The largest absolute Gasteiger partial charge is 0.304 e. The minimum atomic E-state index is -0.909. The summed E-state index contributed by atoms with van der Waals surface area (Å²) in [6, 6.07) is 26.5. The number of benzene rings is 4. The minimum absolute atomic E-state index is 0.131. The van der Waals surface area contributed by atoms with Crippen molar-refractivity contribution in [2.24, 2.45) is 0 Å². The Morgan fingerprint density at radius 2 is 1.51 bits per heavy atom. The number of nitrogens with zero attached hydrogens (tertiary/aromatic N) is 3. The van der Waals surface area contributed by atoms with E-state index in [1.165, 1.54) is 6.07 Å². The number of H-pyrrole nitrogens is 1. The third-order valence-electron chi connectivity index (χ3n) is 6.21. The molecule has 5 aromatic rings. The van der Waals surface area contributed by atoms with Crippen LogP contribution in [0.2, 0.25) is 0 Å². The summed E-state index contributed by atoms with van der Waals surface area (Å²) in [5.41, 5.74) is 6.62. The molecule has 1 aromatic heterocycles. The Bertz CT molecular complexity index is 1580.